The predicted molar refractivity (Wildman–Crippen MR) is 112 cm³/mol. The zero-order chi connectivity index (χ0) is 19.4. The molecule has 0 saturated carbocycles. The standard InChI is InChI=1S/C20H26BrN5O/c1-14(2)20-22-15(3)12-18(24-20)26-10-8-25(9-11-26)13-19(27)23-17-7-5-4-6-16(17)21/h4-7,12,14H,8-11,13H2,1-3H3,(H,23,27). The summed E-state index contributed by atoms with van der Waals surface area (Å²) in [6.07, 6.45) is 0. The highest BCUT2D eigenvalue weighted by atomic mass is 79.9. The summed E-state index contributed by atoms with van der Waals surface area (Å²) >= 11 is 3.46. The summed E-state index contributed by atoms with van der Waals surface area (Å²) < 4.78 is 0.892. The lowest BCUT2D eigenvalue weighted by atomic mass is 10.2. The molecular formula is C20H26BrN5O. The average Bonchev–Trinajstić information content (AvgIpc) is 2.63. The third-order valence-electron chi connectivity index (χ3n) is 4.59. The fraction of sp³-hybridized carbons (Fsp3) is 0.450. The Labute approximate surface area is 169 Å². The van der Waals surface area contributed by atoms with Crippen LogP contribution in [0.1, 0.15) is 31.3 Å². The molecule has 1 aliphatic heterocycles. The van der Waals surface area contributed by atoms with Gasteiger partial charge in [0.05, 0.1) is 12.2 Å². The normalized spacial score (nSPS) is 15.2. The van der Waals surface area contributed by atoms with E-state index in [1.165, 1.54) is 0 Å². The van der Waals surface area contributed by atoms with Gasteiger partial charge in [0.1, 0.15) is 11.6 Å². The lowest BCUT2D eigenvalue weighted by Crippen LogP contribution is -2.49. The molecule has 1 amide bonds. The van der Waals surface area contributed by atoms with Crippen molar-refractivity contribution in [2.45, 2.75) is 26.7 Å². The molecule has 144 valence electrons. The Balaban J connectivity index is 1.55. The highest BCUT2D eigenvalue weighted by molar-refractivity contribution is 9.10. The molecule has 1 aromatic carbocycles. The number of aryl methyl sites for hydroxylation is 1. The highest BCUT2D eigenvalue weighted by Crippen LogP contribution is 2.21. The Morgan fingerprint density at radius 1 is 1.19 bits per heavy atom. The third kappa shape index (κ3) is 5.26. The summed E-state index contributed by atoms with van der Waals surface area (Å²) in [5, 5.41) is 2.97. The maximum atomic E-state index is 12.3. The summed E-state index contributed by atoms with van der Waals surface area (Å²) in [6, 6.07) is 9.70. The van der Waals surface area contributed by atoms with Crippen LogP contribution in [-0.2, 0) is 4.79 Å². The van der Waals surface area contributed by atoms with Crippen LogP contribution < -0.4 is 10.2 Å². The Bertz CT molecular complexity index is 803. The Hall–Kier alpha value is -1.99. The molecular weight excluding hydrogens is 406 g/mol. The number of carbonyl (C=O) groups is 1. The second-order valence-electron chi connectivity index (χ2n) is 7.17. The van der Waals surface area contributed by atoms with Crippen LogP contribution >= 0.6 is 15.9 Å². The van der Waals surface area contributed by atoms with E-state index in [-0.39, 0.29) is 5.91 Å². The van der Waals surface area contributed by atoms with Crippen LogP contribution in [0.5, 0.6) is 0 Å². The summed E-state index contributed by atoms with van der Waals surface area (Å²) in [5.41, 5.74) is 1.80. The molecule has 0 unspecified atom stereocenters. The van der Waals surface area contributed by atoms with Crippen molar-refractivity contribution >= 4 is 33.3 Å². The number of rotatable bonds is 5. The van der Waals surface area contributed by atoms with E-state index in [1.54, 1.807) is 0 Å². The SMILES string of the molecule is Cc1cc(N2CCN(CC(=O)Nc3ccccc3Br)CC2)nc(C(C)C)n1. The summed E-state index contributed by atoms with van der Waals surface area (Å²) in [5.74, 6) is 2.20. The predicted octanol–water partition coefficient (Wildman–Crippen LogP) is 3.43. The van der Waals surface area contributed by atoms with E-state index in [4.69, 9.17) is 4.98 Å². The lowest BCUT2D eigenvalue weighted by molar-refractivity contribution is -0.117. The Kier molecular flexibility index (Phi) is 6.44. The number of piperazine rings is 1. The zero-order valence-electron chi connectivity index (χ0n) is 16.1. The molecule has 1 N–H and O–H groups in total. The van der Waals surface area contributed by atoms with Crippen molar-refractivity contribution in [2.24, 2.45) is 0 Å². The maximum absolute atomic E-state index is 12.3. The first kappa shape index (κ1) is 19.8. The van der Waals surface area contributed by atoms with E-state index >= 15 is 0 Å². The van der Waals surface area contributed by atoms with Crippen molar-refractivity contribution in [3.8, 4) is 0 Å². The van der Waals surface area contributed by atoms with Gasteiger partial charge < -0.3 is 10.2 Å². The van der Waals surface area contributed by atoms with Crippen LogP contribution in [0, 0.1) is 6.92 Å². The minimum absolute atomic E-state index is 0.00956. The summed E-state index contributed by atoms with van der Waals surface area (Å²) in [4.78, 5) is 26.0. The second kappa shape index (κ2) is 8.80. The number of anilines is 2. The number of amides is 1. The molecule has 6 nitrogen and oxygen atoms in total. The van der Waals surface area contributed by atoms with E-state index in [1.807, 2.05) is 37.3 Å². The highest BCUT2D eigenvalue weighted by Gasteiger charge is 2.21. The molecule has 7 heteroatoms. The number of benzene rings is 1. The van der Waals surface area contributed by atoms with E-state index in [0.717, 1.165) is 53.7 Å². The van der Waals surface area contributed by atoms with Gasteiger partial charge in [-0.25, -0.2) is 9.97 Å². The van der Waals surface area contributed by atoms with Crippen molar-refractivity contribution in [1.82, 2.24) is 14.9 Å². The Morgan fingerprint density at radius 3 is 2.56 bits per heavy atom. The van der Waals surface area contributed by atoms with Crippen LogP contribution in [0.3, 0.4) is 0 Å². The van der Waals surface area contributed by atoms with Gasteiger partial charge in [-0.1, -0.05) is 26.0 Å². The molecule has 1 fully saturated rings. The molecule has 1 aliphatic rings. The molecule has 3 rings (SSSR count). The van der Waals surface area contributed by atoms with Crippen molar-refractivity contribution in [2.75, 3.05) is 42.9 Å². The lowest BCUT2D eigenvalue weighted by Gasteiger charge is -2.35. The smallest absolute Gasteiger partial charge is 0.238 e. The minimum atomic E-state index is 0.00956. The number of hydrogen-bond acceptors (Lipinski definition) is 5. The molecule has 2 heterocycles. The second-order valence-corrected chi connectivity index (χ2v) is 8.03. The number of aromatic nitrogens is 2. The molecule has 0 atom stereocenters. The molecule has 0 bridgehead atoms. The maximum Gasteiger partial charge on any atom is 0.238 e. The van der Waals surface area contributed by atoms with Gasteiger partial charge >= 0.3 is 0 Å². The van der Waals surface area contributed by atoms with Crippen molar-refractivity contribution in [3.63, 3.8) is 0 Å². The molecule has 2 aromatic rings. The largest absolute Gasteiger partial charge is 0.354 e. The Morgan fingerprint density at radius 2 is 1.89 bits per heavy atom. The number of para-hydroxylation sites is 1. The molecule has 0 aliphatic carbocycles. The van der Waals surface area contributed by atoms with E-state index in [0.29, 0.717) is 12.5 Å². The summed E-state index contributed by atoms with van der Waals surface area (Å²) in [6.45, 7) is 10.0. The van der Waals surface area contributed by atoms with Gasteiger partial charge in [0.2, 0.25) is 5.91 Å². The van der Waals surface area contributed by atoms with Gasteiger partial charge in [-0.3, -0.25) is 9.69 Å². The third-order valence-corrected chi connectivity index (χ3v) is 5.28. The number of nitrogens with one attached hydrogen (secondary N) is 1. The first-order chi connectivity index (χ1) is 12.9. The van der Waals surface area contributed by atoms with Crippen LogP contribution in [0.4, 0.5) is 11.5 Å². The monoisotopic (exact) mass is 431 g/mol. The van der Waals surface area contributed by atoms with Gasteiger partial charge in [-0.2, -0.15) is 0 Å². The van der Waals surface area contributed by atoms with Gasteiger partial charge in [0.15, 0.2) is 0 Å². The molecule has 0 spiro atoms. The quantitative estimate of drug-likeness (QED) is 0.785. The van der Waals surface area contributed by atoms with Gasteiger partial charge in [0.25, 0.3) is 0 Å². The van der Waals surface area contributed by atoms with Crippen molar-refractivity contribution in [3.05, 3.63) is 46.3 Å². The van der Waals surface area contributed by atoms with Crippen molar-refractivity contribution < 1.29 is 4.79 Å². The summed E-state index contributed by atoms with van der Waals surface area (Å²) in [7, 11) is 0. The van der Waals surface area contributed by atoms with Gasteiger partial charge in [-0.15, -0.1) is 0 Å². The average molecular weight is 432 g/mol. The number of nitrogens with zero attached hydrogens (tertiary/aromatic N) is 4. The number of carbonyl (C=O) groups excluding carboxylic acids is 1. The number of halogens is 1. The zero-order valence-corrected chi connectivity index (χ0v) is 17.7. The topological polar surface area (TPSA) is 61.4 Å². The van der Waals surface area contributed by atoms with Gasteiger partial charge in [-0.05, 0) is 35.0 Å². The fourth-order valence-electron chi connectivity index (χ4n) is 3.09. The van der Waals surface area contributed by atoms with Crippen LogP contribution in [0.25, 0.3) is 0 Å². The van der Waals surface area contributed by atoms with Crippen LogP contribution in [-0.4, -0.2) is 53.5 Å². The molecule has 1 aromatic heterocycles. The minimum Gasteiger partial charge on any atom is -0.354 e. The number of hydrogen-bond donors (Lipinski definition) is 1. The van der Waals surface area contributed by atoms with Crippen molar-refractivity contribution in [1.29, 1.82) is 0 Å². The first-order valence-electron chi connectivity index (χ1n) is 9.29. The van der Waals surface area contributed by atoms with E-state index in [2.05, 4.69) is 49.9 Å². The fourth-order valence-corrected chi connectivity index (χ4v) is 3.47. The molecule has 0 radical (unpaired) electrons. The van der Waals surface area contributed by atoms with Crippen LogP contribution in [0.15, 0.2) is 34.8 Å². The molecule has 27 heavy (non-hydrogen) atoms. The van der Waals surface area contributed by atoms with E-state index in [9.17, 15) is 4.79 Å². The van der Waals surface area contributed by atoms with Crippen LogP contribution in [0.2, 0.25) is 0 Å². The van der Waals surface area contributed by atoms with E-state index < -0.39 is 0 Å². The first-order valence-corrected chi connectivity index (χ1v) is 10.1. The molecule has 1 saturated heterocycles. The van der Waals surface area contributed by atoms with Gasteiger partial charge in [0, 0.05) is 48.3 Å².